The van der Waals surface area contributed by atoms with Crippen molar-refractivity contribution in [2.45, 2.75) is 38.8 Å². The van der Waals surface area contributed by atoms with Crippen molar-refractivity contribution in [3.63, 3.8) is 0 Å². The molecule has 1 aromatic heterocycles. The maximum atomic E-state index is 12.0. The Balaban J connectivity index is 2.81. The molecule has 0 saturated carbocycles. The minimum atomic E-state index is -4.19. The molecule has 6 heteroatoms. The van der Waals surface area contributed by atoms with Crippen molar-refractivity contribution in [3.05, 3.63) is 22.7 Å². The fourth-order valence-corrected chi connectivity index (χ4v) is 1.35. The van der Waals surface area contributed by atoms with Crippen molar-refractivity contribution in [1.29, 1.82) is 0 Å². The molecule has 0 unspecified atom stereocenters. The smallest absolute Gasteiger partial charge is 0.238 e. The third-order valence-corrected chi connectivity index (χ3v) is 2.18. The molecule has 0 saturated heterocycles. The molecule has 0 aromatic carbocycles. The average molecular weight is 253 g/mol. The number of hydrogen-bond donors (Lipinski definition) is 0. The lowest BCUT2D eigenvalue weighted by Gasteiger charge is -2.08. The van der Waals surface area contributed by atoms with Crippen LogP contribution in [0.5, 0.6) is 0 Å². The van der Waals surface area contributed by atoms with Gasteiger partial charge in [-0.15, -0.1) is 0 Å². The monoisotopic (exact) mass is 252 g/mol. The number of aromatic nitrogens is 2. The first-order chi connectivity index (χ1) is 7.28. The van der Waals surface area contributed by atoms with E-state index in [1.54, 1.807) is 6.07 Å². The molecular weight excluding hydrogens is 241 g/mol. The van der Waals surface area contributed by atoms with E-state index in [1.807, 2.05) is 13.8 Å². The molecule has 16 heavy (non-hydrogen) atoms. The number of rotatable bonds is 3. The van der Waals surface area contributed by atoms with E-state index >= 15 is 0 Å². The summed E-state index contributed by atoms with van der Waals surface area (Å²) in [5.41, 5.74) is 0.664. The van der Waals surface area contributed by atoms with Crippen LogP contribution in [0.2, 0.25) is 5.15 Å². The van der Waals surface area contributed by atoms with Crippen LogP contribution in [0.1, 0.15) is 37.7 Å². The third kappa shape index (κ3) is 4.35. The van der Waals surface area contributed by atoms with E-state index in [4.69, 9.17) is 11.6 Å². The molecule has 0 aliphatic heterocycles. The van der Waals surface area contributed by atoms with Gasteiger partial charge in [0.25, 0.3) is 0 Å². The standard InChI is InChI=1S/C10H12ClF3N2/c1-6(2)7-5-8(11)16-9(15-7)3-4-10(12,13)14/h5-6H,3-4H2,1-2H3. The van der Waals surface area contributed by atoms with Gasteiger partial charge in [-0.1, -0.05) is 25.4 Å². The van der Waals surface area contributed by atoms with E-state index in [2.05, 4.69) is 9.97 Å². The predicted molar refractivity (Wildman–Crippen MR) is 55.5 cm³/mol. The van der Waals surface area contributed by atoms with E-state index in [1.165, 1.54) is 0 Å². The molecule has 0 aliphatic carbocycles. The van der Waals surface area contributed by atoms with Crippen LogP contribution in [-0.4, -0.2) is 16.1 Å². The third-order valence-electron chi connectivity index (χ3n) is 1.98. The Kier molecular flexibility index (Phi) is 4.13. The van der Waals surface area contributed by atoms with Gasteiger partial charge in [-0.2, -0.15) is 13.2 Å². The molecule has 1 aromatic rings. The molecule has 0 fully saturated rings. The van der Waals surface area contributed by atoms with Gasteiger partial charge in [0.05, 0.1) is 6.42 Å². The van der Waals surface area contributed by atoms with Gasteiger partial charge in [0.2, 0.25) is 0 Å². The number of aryl methyl sites for hydroxylation is 1. The molecule has 0 bridgehead atoms. The van der Waals surface area contributed by atoms with E-state index < -0.39 is 12.6 Å². The summed E-state index contributed by atoms with van der Waals surface area (Å²) < 4.78 is 36.0. The summed E-state index contributed by atoms with van der Waals surface area (Å²) in [6.07, 6.45) is -5.35. The minimum Gasteiger partial charge on any atom is -0.238 e. The molecule has 1 heterocycles. The van der Waals surface area contributed by atoms with Gasteiger partial charge in [0.1, 0.15) is 11.0 Å². The highest BCUT2D eigenvalue weighted by Crippen LogP contribution is 2.22. The van der Waals surface area contributed by atoms with Crippen molar-refractivity contribution in [1.82, 2.24) is 9.97 Å². The van der Waals surface area contributed by atoms with Gasteiger partial charge in [-0.3, -0.25) is 0 Å². The second kappa shape index (κ2) is 4.99. The van der Waals surface area contributed by atoms with Gasteiger partial charge in [0, 0.05) is 12.1 Å². The summed E-state index contributed by atoms with van der Waals surface area (Å²) >= 11 is 5.71. The first-order valence-electron chi connectivity index (χ1n) is 4.88. The van der Waals surface area contributed by atoms with Gasteiger partial charge < -0.3 is 0 Å². The second-order valence-electron chi connectivity index (χ2n) is 3.80. The van der Waals surface area contributed by atoms with Crippen LogP contribution in [0.15, 0.2) is 6.07 Å². The molecule has 0 atom stereocenters. The topological polar surface area (TPSA) is 25.8 Å². The highest BCUT2D eigenvalue weighted by atomic mass is 35.5. The molecule has 0 aliphatic rings. The van der Waals surface area contributed by atoms with Crippen LogP contribution in [0.25, 0.3) is 0 Å². The molecule has 0 N–H and O–H groups in total. The van der Waals surface area contributed by atoms with Crippen molar-refractivity contribution in [2.75, 3.05) is 0 Å². The molecular formula is C10H12ClF3N2. The number of alkyl halides is 3. The fraction of sp³-hybridized carbons (Fsp3) is 0.600. The quantitative estimate of drug-likeness (QED) is 0.766. The molecule has 0 radical (unpaired) electrons. The lowest BCUT2D eigenvalue weighted by Crippen LogP contribution is -2.11. The lowest BCUT2D eigenvalue weighted by atomic mass is 10.1. The van der Waals surface area contributed by atoms with Gasteiger partial charge in [0.15, 0.2) is 0 Å². The molecule has 2 nitrogen and oxygen atoms in total. The zero-order valence-electron chi connectivity index (χ0n) is 8.98. The predicted octanol–water partition coefficient (Wildman–Crippen LogP) is 3.75. The Morgan fingerprint density at radius 2 is 1.94 bits per heavy atom. The van der Waals surface area contributed by atoms with Crippen molar-refractivity contribution < 1.29 is 13.2 Å². The summed E-state index contributed by atoms with van der Waals surface area (Å²) in [5.74, 6) is 0.263. The van der Waals surface area contributed by atoms with E-state index in [-0.39, 0.29) is 23.3 Å². The number of hydrogen-bond acceptors (Lipinski definition) is 2. The Morgan fingerprint density at radius 1 is 1.31 bits per heavy atom. The normalized spacial score (nSPS) is 12.2. The summed E-state index contributed by atoms with van der Waals surface area (Å²) in [6.45, 7) is 3.79. The summed E-state index contributed by atoms with van der Waals surface area (Å²) in [7, 11) is 0. The molecule has 90 valence electrons. The van der Waals surface area contributed by atoms with E-state index in [0.29, 0.717) is 5.69 Å². The number of halogens is 4. The second-order valence-corrected chi connectivity index (χ2v) is 4.19. The summed E-state index contributed by atoms with van der Waals surface area (Å²) in [5, 5.41) is 0.191. The highest BCUT2D eigenvalue weighted by Gasteiger charge is 2.27. The van der Waals surface area contributed by atoms with Crippen LogP contribution >= 0.6 is 11.6 Å². The Hall–Kier alpha value is -0.840. The zero-order valence-corrected chi connectivity index (χ0v) is 9.73. The zero-order chi connectivity index (χ0) is 12.3. The maximum Gasteiger partial charge on any atom is 0.389 e. The first kappa shape index (κ1) is 13.2. The molecule has 0 amide bonds. The highest BCUT2D eigenvalue weighted by molar-refractivity contribution is 6.29. The summed E-state index contributed by atoms with van der Waals surface area (Å²) in [6, 6.07) is 1.57. The van der Waals surface area contributed by atoms with Crippen molar-refractivity contribution >= 4 is 11.6 Å². The SMILES string of the molecule is CC(C)c1cc(Cl)nc(CCC(F)(F)F)n1. The Bertz CT molecular complexity index is 364. The van der Waals surface area contributed by atoms with Crippen LogP contribution in [0.3, 0.4) is 0 Å². The van der Waals surface area contributed by atoms with Crippen LogP contribution in [-0.2, 0) is 6.42 Å². The van der Waals surface area contributed by atoms with Crippen molar-refractivity contribution in [3.8, 4) is 0 Å². The number of nitrogens with zero attached hydrogens (tertiary/aromatic N) is 2. The maximum absolute atomic E-state index is 12.0. The van der Waals surface area contributed by atoms with Crippen LogP contribution < -0.4 is 0 Å². The largest absolute Gasteiger partial charge is 0.389 e. The molecule has 1 rings (SSSR count). The minimum absolute atomic E-state index is 0.116. The lowest BCUT2D eigenvalue weighted by molar-refractivity contribution is -0.134. The van der Waals surface area contributed by atoms with E-state index in [9.17, 15) is 13.2 Å². The van der Waals surface area contributed by atoms with Gasteiger partial charge in [-0.05, 0) is 12.0 Å². The molecule has 0 spiro atoms. The van der Waals surface area contributed by atoms with Gasteiger partial charge in [-0.25, -0.2) is 9.97 Å². The van der Waals surface area contributed by atoms with Gasteiger partial charge >= 0.3 is 6.18 Å². The Labute approximate surface area is 96.9 Å². The average Bonchev–Trinajstić information content (AvgIpc) is 2.13. The van der Waals surface area contributed by atoms with E-state index in [0.717, 1.165) is 0 Å². The van der Waals surface area contributed by atoms with Crippen molar-refractivity contribution in [2.24, 2.45) is 0 Å². The fourth-order valence-electron chi connectivity index (χ4n) is 1.15. The Morgan fingerprint density at radius 3 is 2.44 bits per heavy atom. The van der Waals surface area contributed by atoms with Crippen LogP contribution in [0, 0.1) is 0 Å². The van der Waals surface area contributed by atoms with Crippen LogP contribution in [0.4, 0.5) is 13.2 Å². The first-order valence-corrected chi connectivity index (χ1v) is 5.26. The summed E-state index contributed by atoms with van der Waals surface area (Å²) in [4.78, 5) is 7.81.